The lowest BCUT2D eigenvalue weighted by Gasteiger charge is -2.19. The molecule has 19 heavy (non-hydrogen) atoms. The van der Waals surface area contributed by atoms with Crippen LogP contribution in [-0.4, -0.2) is 16.7 Å². The van der Waals surface area contributed by atoms with Gasteiger partial charge in [0.2, 0.25) is 5.89 Å². The Kier molecular flexibility index (Phi) is 3.60. The molecule has 1 aromatic heterocycles. The minimum atomic E-state index is 0.243. The van der Waals surface area contributed by atoms with Crippen molar-refractivity contribution < 1.29 is 4.52 Å². The molecule has 100 valence electrons. The zero-order valence-corrected chi connectivity index (χ0v) is 11.2. The summed E-state index contributed by atoms with van der Waals surface area (Å²) in [6.45, 7) is 3.14. The predicted octanol–water partition coefficient (Wildman–Crippen LogP) is 2.78. The molecule has 1 aliphatic rings. The second-order valence-corrected chi connectivity index (χ2v) is 5.22. The zero-order valence-electron chi connectivity index (χ0n) is 11.2. The van der Waals surface area contributed by atoms with Crippen LogP contribution in [0.5, 0.6) is 0 Å². The summed E-state index contributed by atoms with van der Waals surface area (Å²) < 4.78 is 5.38. The SMILES string of the molecule is Cc1cccc(Cc2noc(C3CCCCN3)n2)c1. The van der Waals surface area contributed by atoms with Crippen LogP contribution in [0.25, 0.3) is 0 Å². The normalized spacial score (nSPS) is 19.5. The molecule has 0 amide bonds. The first-order chi connectivity index (χ1) is 9.31. The highest BCUT2D eigenvalue weighted by molar-refractivity contribution is 5.24. The van der Waals surface area contributed by atoms with E-state index in [0.717, 1.165) is 31.1 Å². The Morgan fingerprint density at radius 1 is 1.37 bits per heavy atom. The van der Waals surface area contributed by atoms with Crippen LogP contribution in [-0.2, 0) is 6.42 Å². The monoisotopic (exact) mass is 257 g/mol. The summed E-state index contributed by atoms with van der Waals surface area (Å²) >= 11 is 0. The maximum absolute atomic E-state index is 5.38. The number of aryl methyl sites for hydroxylation is 1. The summed E-state index contributed by atoms with van der Waals surface area (Å²) in [5.41, 5.74) is 2.49. The van der Waals surface area contributed by atoms with Crippen LogP contribution < -0.4 is 5.32 Å². The van der Waals surface area contributed by atoms with Gasteiger partial charge in [0.25, 0.3) is 0 Å². The van der Waals surface area contributed by atoms with Gasteiger partial charge in [-0.15, -0.1) is 0 Å². The van der Waals surface area contributed by atoms with Crippen LogP contribution >= 0.6 is 0 Å². The summed E-state index contributed by atoms with van der Waals surface area (Å²) in [7, 11) is 0. The van der Waals surface area contributed by atoms with Crippen LogP contribution in [0.3, 0.4) is 0 Å². The van der Waals surface area contributed by atoms with Gasteiger partial charge in [0, 0.05) is 6.42 Å². The van der Waals surface area contributed by atoms with E-state index in [1.807, 2.05) is 0 Å². The average molecular weight is 257 g/mol. The number of nitrogens with zero attached hydrogens (tertiary/aromatic N) is 2. The van der Waals surface area contributed by atoms with E-state index in [9.17, 15) is 0 Å². The van der Waals surface area contributed by atoms with E-state index < -0.39 is 0 Å². The van der Waals surface area contributed by atoms with Gasteiger partial charge in [-0.1, -0.05) is 41.4 Å². The van der Waals surface area contributed by atoms with E-state index in [0.29, 0.717) is 0 Å². The molecule has 4 nitrogen and oxygen atoms in total. The Morgan fingerprint density at radius 3 is 3.11 bits per heavy atom. The molecule has 1 atom stereocenters. The Balaban J connectivity index is 1.70. The third kappa shape index (κ3) is 3.01. The van der Waals surface area contributed by atoms with Crippen LogP contribution in [0.4, 0.5) is 0 Å². The second-order valence-electron chi connectivity index (χ2n) is 5.22. The van der Waals surface area contributed by atoms with Crippen molar-refractivity contribution in [1.82, 2.24) is 15.5 Å². The first-order valence-electron chi connectivity index (χ1n) is 6.93. The van der Waals surface area contributed by atoms with Crippen molar-refractivity contribution in [3.63, 3.8) is 0 Å². The lowest BCUT2D eigenvalue weighted by Crippen LogP contribution is -2.27. The summed E-state index contributed by atoms with van der Waals surface area (Å²) in [5, 5.41) is 7.52. The van der Waals surface area contributed by atoms with Gasteiger partial charge in [0.15, 0.2) is 5.82 Å². The molecule has 0 aliphatic carbocycles. The van der Waals surface area contributed by atoms with Gasteiger partial charge in [-0.05, 0) is 31.9 Å². The molecule has 2 heterocycles. The highest BCUT2D eigenvalue weighted by atomic mass is 16.5. The molecule has 0 bridgehead atoms. The molecule has 0 saturated carbocycles. The van der Waals surface area contributed by atoms with Gasteiger partial charge in [-0.2, -0.15) is 4.98 Å². The van der Waals surface area contributed by atoms with E-state index in [1.165, 1.54) is 24.0 Å². The van der Waals surface area contributed by atoms with Crippen LogP contribution in [0, 0.1) is 6.92 Å². The molecule has 1 unspecified atom stereocenters. The van der Waals surface area contributed by atoms with Crippen molar-refractivity contribution in [2.75, 3.05) is 6.54 Å². The smallest absolute Gasteiger partial charge is 0.243 e. The van der Waals surface area contributed by atoms with Gasteiger partial charge >= 0.3 is 0 Å². The maximum Gasteiger partial charge on any atom is 0.243 e. The van der Waals surface area contributed by atoms with Gasteiger partial charge in [0.05, 0.1) is 6.04 Å². The Morgan fingerprint density at radius 2 is 2.32 bits per heavy atom. The molecule has 2 aromatic rings. The molecule has 1 N–H and O–H groups in total. The number of aromatic nitrogens is 2. The molecule has 1 saturated heterocycles. The van der Waals surface area contributed by atoms with Crippen LogP contribution in [0.2, 0.25) is 0 Å². The molecule has 0 radical (unpaired) electrons. The largest absolute Gasteiger partial charge is 0.338 e. The van der Waals surface area contributed by atoms with Gasteiger partial charge < -0.3 is 9.84 Å². The van der Waals surface area contributed by atoms with E-state index >= 15 is 0 Å². The van der Waals surface area contributed by atoms with Crippen molar-refractivity contribution in [2.45, 2.75) is 38.6 Å². The third-order valence-corrected chi connectivity index (χ3v) is 3.54. The molecule has 1 fully saturated rings. The van der Waals surface area contributed by atoms with Gasteiger partial charge in [0.1, 0.15) is 0 Å². The van der Waals surface area contributed by atoms with Gasteiger partial charge in [-0.25, -0.2) is 0 Å². The number of rotatable bonds is 3. The standard InChI is InChI=1S/C15H19N3O/c1-11-5-4-6-12(9-11)10-14-17-15(19-18-14)13-7-2-3-8-16-13/h4-6,9,13,16H,2-3,7-8,10H2,1H3. The van der Waals surface area contributed by atoms with E-state index in [-0.39, 0.29) is 6.04 Å². The molecular weight excluding hydrogens is 238 g/mol. The fraction of sp³-hybridized carbons (Fsp3) is 0.467. The molecule has 0 spiro atoms. The second kappa shape index (κ2) is 5.53. The first-order valence-corrected chi connectivity index (χ1v) is 6.93. The minimum absolute atomic E-state index is 0.243. The van der Waals surface area contributed by atoms with Crippen LogP contribution in [0.1, 0.15) is 48.1 Å². The summed E-state index contributed by atoms with van der Waals surface area (Å²) in [6.07, 6.45) is 4.29. The summed E-state index contributed by atoms with van der Waals surface area (Å²) in [5.74, 6) is 1.51. The van der Waals surface area contributed by atoms with Crippen molar-refractivity contribution in [2.24, 2.45) is 0 Å². The quantitative estimate of drug-likeness (QED) is 0.918. The van der Waals surface area contributed by atoms with Crippen molar-refractivity contribution in [1.29, 1.82) is 0 Å². The third-order valence-electron chi connectivity index (χ3n) is 3.54. The first kappa shape index (κ1) is 12.4. The zero-order chi connectivity index (χ0) is 13.1. The van der Waals surface area contributed by atoms with Crippen LogP contribution in [0.15, 0.2) is 28.8 Å². The number of hydrogen-bond acceptors (Lipinski definition) is 4. The maximum atomic E-state index is 5.38. The van der Waals surface area contributed by atoms with E-state index in [4.69, 9.17) is 4.52 Å². The number of hydrogen-bond donors (Lipinski definition) is 1. The van der Waals surface area contributed by atoms with Crippen molar-refractivity contribution >= 4 is 0 Å². The molecule has 1 aromatic carbocycles. The Hall–Kier alpha value is -1.68. The number of piperidine rings is 1. The lowest BCUT2D eigenvalue weighted by molar-refractivity contribution is 0.296. The lowest BCUT2D eigenvalue weighted by atomic mass is 10.1. The summed E-state index contributed by atoms with van der Waals surface area (Å²) in [6, 6.07) is 8.66. The van der Waals surface area contributed by atoms with E-state index in [1.54, 1.807) is 0 Å². The van der Waals surface area contributed by atoms with Crippen molar-refractivity contribution in [3.8, 4) is 0 Å². The molecular formula is C15H19N3O. The Bertz CT molecular complexity index is 544. The highest BCUT2D eigenvalue weighted by Gasteiger charge is 2.20. The number of benzene rings is 1. The Labute approximate surface area is 113 Å². The van der Waals surface area contributed by atoms with Crippen molar-refractivity contribution in [3.05, 3.63) is 47.1 Å². The molecule has 4 heteroatoms. The predicted molar refractivity (Wildman–Crippen MR) is 72.9 cm³/mol. The highest BCUT2D eigenvalue weighted by Crippen LogP contribution is 2.21. The molecule has 3 rings (SSSR count). The summed E-state index contributed by atoms with van der Waals surface area (Å²) in [4.78, 5) is 4.52. The molecule has 1 aliphatic heterocycles. The number of nitrogens with one attached hydrogen (secondary N) is 1. The fourth-order valence-electron chi connectivity index (χ4n) is 2.55. The van der Waals surface area contributed by atoms with Gasteiger partial charge in [-0.3, -0.25) is 0 Å². The topological polar surface area (TPSA) is 51.0 Å². The fourth-order valence-corrected chi connectivity index (χ4v) is 2.55. The van der Waals surface area contributed by atoms with E-state index in [2.05, 4.69) is 46.6 Å². The average Bonchev–Trinajstić information content (AvgIpc) is 2.88. The minimum Gasteiger partial charge on any atom is -0.338 e.